The van der Waals surface area contributed by atoms with Gasteiger partial charge in [0.2, 0.25) is 5.91 Å². The van der Waals surface area contributed by atoms with Crippen LogP contribution in [-0.4, -0.2) is 37.4 Å². The molecule has 0 saturated heterocycles. The van der Waals surface area contributed by atoms with Crippen molar-refractivity contribution in [2.75, 3.05) is 30.3 Å². The first-order valence-electron chi connectivity index (χ1n) is 6.70. The molecule has 5 N–H and O–H groups in total. The van der Waals surface area contributed by atoms with Gasteiger partial charge in [0.1, 0.15) is 0 Å². The number of rotatable bonds is 7. The molecule has 0 aliphatic heterocycles. The van der Waals surface area contributed by atoms with Gasteiger partial charge >= 0.3 is 0 Å². The SMILES string of the molecule is CC[NH+](CC(N)=O)CC(=O)Nc1ccc(NC(C)=O)cc1. The molecule has 0 fully saturated rings. The lowest BCUT2D eigenvalue weighted by Crippen LogP contribution is -3.13. The van der Waals surface area contributed by atoms with Gasteiger partial charge in [-0.1, -0.05) is 0 Å². The summed E-state index contributed by atoms with van der Waals surface area (Å²) in [5.74, 6) is -0.778. The summed E-state index contributed by atoms with van der Waals surface area (Å²) in [6.45, 7) is 4.25. The molecule has 1 aromatic carbocycles. The van der Waals surface area contributed by atoms with Crippen LogP contribution in [0.1, 0.15) is 13.8 Å². The van der Waals surface area contributed by atoms with E-state index in [0.717, 1.165) is 4.90 Å². The van der Waals surface area contributed by atoms with E-state index in [4.69, 9.17) is 5.73 Å². The number of quaternary nitrogens is 1. The molecule has 3 amide bonds. The summed E-state index contributed by atoms with van der Waals surface area (Å²) >= 11 is 0. The van der Waals surface area contributed by atoms with E-state index in [1.807, 2.05) is 6.92 Å². The zero-order valence-corrected chi connectivity index (χ0v) is 12.2. The minimum absolute atomic E-state index is 0.130. The second-order valence-corrected chi connectivity index (χ2v) is 4.73. The lowest BCUT2D eigenvalue weighted by Gasteiger charge is -2.15. The molecule has 1 aromatic rings. The molecule has 21 heavy (non-hydrogen) atoms. The highest BCUT2D eigenvalue weighted by molar-refractivity contribution is 5.92. The topological polar surface area (TPSA) is 106 Å². The number of amides is 3. The second-order valence-electron chi connectivity index (χ2n) is 4.73. The second kappa shape index (κ2) is 8.01. The van der Waals surface area contributed by atoms with Crippen molar-refractivity contribution >= 4 is 29.1 Å². The average molecular weight is 293 g/mol. The quantitative estimate of drug-likeness (QED) is 0.516. The monoisotopic (exact) mass is 293 g/mol. The minimum Gasteiger partial charge on any atom is -0.365 e. The number of hydrogen-bond acceptors (Lipinski definition) is 3. The highest BCUT2D eigenvalue weighted by atomic mass is 16.2. The first-order valence-corrected chi connectivity index (χ1v) is 6.70. The zero-order valence-electron chi connectivity index (χ0n) is 12.2. The number of carbonyl (C=O) groups is 3. The van der Waals surface area contributed by atoms with Crippen molar-refractivity contribution in [3.63, 3.8) is 0 Å². The van der Waals surface area contributed by atoms with Gasteiger partial charge in [0.15, 0.2) is 13.1 Å². The lowest BCUT2D eigenvalue weighted by atomic mass is 10.2. The highest BCUT2D eigenvalue weighted by Crippen LogP contribution is 2.13. The van der Waals surface area contributed by atoms with Crippen molar-refractivity contribution in [3.05, 3.63) is 24.3 Å². The van der Waals surface area contributed by atoms with Gasteiger partial charge in [0.25, 0.3) is 11.8 Å². The van der Waals surface area contributed by atoms with Crippen molar-refractivity contribution in [1.82, 2.24) is 0 Å². The van der Waals surface area contributed by atoms with Crippen molar-refractivity contribution in [2.45, 2.75) is 13.8 Å². The molecule has 0 radical (unpaired) electrons. The third-order valence-electron chi connectivity index (χ3n) is 2.82. The molecule has 0 bridgehead atoms. The number of nitrogens with two attached hydrogens (primary N) is 1. The molecule has 0 aromatic heterocycles. The number of nitrogens with one attached hydrogen (secondary N) is 3. The number of likely N-dealkylation sites (N-methyl/N-ethyl adjacent to an activating group) is 1. The molecule has 1 unspecified atom stereocenters. The molecule has 0 aliphatic carbocycles. The van der Waals surface area contributed by atoms with Gasteiger partial charge in [-0.15, -0.1) is 0 Å². The fraction of sp³-hybridized carbons (Fsp3) is 0.357. The van der Waals surface area contributed by atoms with E-state index < -0.39 is 5.91 Å². The number of hydrogen-bond donors (Lipinski definition) is 4. The molecule has 1 rings (SSSR count). The van der Waals surface area contributed by atoms with Crippen LogP contribution in [0.3, 0.4) is 0 Å². The van der Waals surface area contributed by atoms with Crippen LogP contribution in [0.15, 0.2) is 24.3 Å². The van der Waals surface area contributed by atoms with E-state index in [2.05, 4.69) is 10.6 Å². The van der Waals surface area contributed by atoms with Gasteiger partial charge < -0.3 is 21.3 Å². The van der Waals surface area contributed by atoms with Crippen molar-refractivity contribution in [2.24, 2.45) is 5.73 Å². The van der Waals surface area contributed by atoms with Gasteiger partial charge in [-0.05, 0) is 31.2 Å². The molecule has 0 spiro atoms. The molecule has 114 valence electrons. The Bertz CT molecular complexity index is 513. The molecule has 7 heteroatoms. The Morgan fingerprint density at radius 2 is 1.57 bits per heavy atom. The normalized spacial score (nSPS) is 11.5. The highest BCUT2D eigenvalue weighted by Gasteiger charge is 2.14. The average Bonchev–Trinajstić information content (AvgIpc) is 2.39. The van der Waals surface area contributed by atoms with E-state index in [0.29, 0.717) is 17.9 Å². The van der Waals surface area contributed by atoms with Gasteiger partial charge in [0, 0.05) is 18.3 Å². The Balaban J connectivity index is 2.54. The summed E-state index contributed by atoms with van der Waals surface area (Å²) in [5.41, 5.74) is 6.42. The van der Waals surface area contributed by atoms with Crippen LogP contribution in [0.5, 0.6) is 0 Å². The van der Waals surface area contributed by atoms with Gasteiger partial charge in [-0.3, -0.25) is 14.4 Å². The van der Waals surface area contributed by atoms with Gasteiger partial charge in [-0.25, -0.2) is 0 Å². The fourth-order valence-corrected chi connectivity index (χ4v) is 1.83. The maximum absolute atomic E-state index is 11.9. The van der Waals surface area contributed by atoms with E-state index >= 15 is 0 Å². The Kier molecular flexibility index (Phi) is 6.35. The Morgan fingerprint density at radius 1 is 1.05 bits per heavy atom. The molecular weight excluding hydrogens is 272 g/mol. The maximum Gasteiger partial charge on any atom is 0.279 e. The lowest BCUT2D eigenvalue weighted by molar-refractivity contribution is -0.881. The Labute approximate surface area is 123 Å². The van der Waals surface area contributed by atoms with Crippen LogP contribution in [0, 0.1) is 0 Å². The van der Waals surface area contributed by atoms with E-state index in [-0.39, 0.29) is 24.9 Å². The van der Waals surface area contributed by atoms with E-state index in [1.54, 1.807) is 24.3 Å². The van der Waals surface area contributed by atoms with Crippen LogP contribution in [0.25, 0.3) is 0 Å². The summed E-state index contributed by atoms with van der Waals surface area (Å²) in [4.78, 5) is 34.4. The van der Waals surface area contributed by atoms with Crippen LogP contribution in [-0.2, 0) is 14.4 Å². The fourth-order valence-electron chi connectivity index (χ4n) is 1.83. The first kappa shape index (κ1) is 16.6. The van der Waals surface area contributed by atoms with Crippen molar-refractivity contribution < 1.29 is 19.3 Å². The van der Waals surface area contributed by atoms with Crippen LogP contribution in [0.2, 0.25) is 0 Å². The van der Waals surface area contributed by atoms with Gasteiger partial charge in [0.05, 0.1) is 6.54 Å². The molecule has 0 heterocycles. The van der Waals surface area contributed by atoms with Crippen LogP contribution in [0.4, 0.5) is 11.4 Å². The Hall–Kier alpha value is -2.41. The smallest absolute Gasteiger partial charge is 0.279 e. The summed E-state index contributed by atoms with van der Waals surface area (Å²) in [6.07, 6.45) is 0. The summed E-state index contributed by atoms with van der Waals surface area (Å²) in [6, 6.07) is 6.79. The number of primary amides is 1. The van der Waals surface area contributed by atoms with Crippen molar-refractivity contribution in [3.8, 4) is 0 Å². The first-order chi connectivity index (χ1) is 9.90. The standard InChI is InChI=1S/C14H20N4O3/c1-3-18(8-13(15)20)9-14(21)17-12-6-4-11(5-7-12)16-10(2)19/h4-7H,3,8-9H2,1-2H3,(H2,15,20)(H,16,19)(H,17,21)/p+1. The number of carbonyl (C=O) groups excluding carboxylic acids is 3. The predicted molar refractivity (Wildman–Crippen MR) is 79.8 cm³/mol. The van der Waals surface area contributed by atoms with E-state index in [9.17, 15) is 14.4 Å². The van der Waals surface area contributed by atoms with Crippen LogP contribution >= 0.6 is 0 Å². The molecule has 0 saturated carbocycles. The third kappa shape index (κ3) is 6.53. The van der Waals surface area contributed by atoms with Crippen LogP contribution < -0.4 is 21.3 Å². The van der Waals surface area contributed by atoms with Gasteiger partial charge in [-0.2, -0.15) is 0 Å². The Morgan fingerprint density at radius 3 is 2.00 bits per heavy atom. The minimum atomic E-state index is -0.431. The van der Waals surface area contributed by atoms with Crippen molar-refractivity contribution in [1.29, 1.82) is 0 Å². The molecule has 1 atom stereocenters. The predicted octanol–water partition coefficient (Wildman–Crippen LogP) is -1.03. The molecule has 0 aliphatic rings. The maximum atomic E-state index is 11.9. The summed E-state index contributed by atoms with van der Waals surface area (Å²) in [7, 11) is 0. The molecule has 7 nitrogen and oxygen atoms in total. The summed E-state index contributed by atoms with van der Waals surface area (Å²) in [5, 5.41) is 5.38. The number of benzene rings is 1. The largest absolute Gasteiger partial charge is 0.365 e. The van der Waals surface area contributed by atoms with E-state index in [1.165, 1.54) is 6.92 Å². The summed E-state index contributed by atoms with van der Waals surface area (Å²) < 4.78 is 0. The zero-order chi connectivity index (χ0) is 15.8. The molecular formula is C14H21N4O3+. The number of anilines is 2. The third-order valence-corrected chi connectivity index (χ3v) is 2.82.